The topological polar surface area (TPSA) is 98.9 Å². The molecule has 0 saturated carbocycles. The van der Waals surface area contributed by atoms with E-state index in [9.17, 15) is 0 Å². The zero-order valence-electron chi connectivity index (χ0n) is 12.2. The number of H-pyrrole nitrogens is 1. The fraction of sp³-hybridized carbons (Fsp3) is 0.214. The van der Waals surface area contributed by atoms with Gasteiger partial charge in [0, 0.05) is 5.38 Å². The Balaban J connectivity index is 1.94. The number of aromatic nitrogens is 4. The number of anilines is 1. The molecule has 0 fully saturated rings. The summed E-state index contributed by atoms with van der Waals surface area (Å²) in [7, 11) is 3.20. The molecule has 0 aliphatic carbocycles. The Bertz CT molecular complexity index is 761. The SMILES string of the molecule is COc1cccc(OC)c1-c1n[nH]c(Cc2csc(N)n2)n1. The van der Waals surface area contributed by atoms with E-state index in [4.69, 9.17) is 15.2 Å². The van der Waals surface area contributed by atoms with Crippen LogP contribution in [-0.4, -0.2) is 34.4 Å². The summed E-state index contributed by atoms with van der Waals surface area (Å²) < 4.78 is 10.7. The molecule has 0 spiro atoms. The average Bonchev–Trinajstić information content (AvgIpc) is 3.16. The maximum atomic E-state index is 5.63. The largest absolute Gasteiger partial charge is 0.496 e. The van der Waals surface area contributed by atoms with Gasteiger partial charge in [-0.1, -0.05) is 6.07 Å². The van der Waals surface area contributed by atoms with Gasteiger partial charge >= 0.3 is 0 Å². The first-order valence-corrected chi connectivity index (χ1v) is 7.41. The van der Waals surface area contributed by atoms with Crippen molar-refractivity contribution in [2.45, 2.75) is 6.42 Å². The molecule has 0 unspecified atom stereocenters. The summed E-state index contributed by atoms with van der Waals surface area (Å²) in [6, 6.07) is 5.54. The standard InChI is InChI=1S/C14H15N5O2S/c1-20-9-4-3-5-10(21-2)12(9)13-17-11(18-19-13)6-8-7-22-14(15)16-8/h3-5,7H,6H2,1-2H3,(H2,15,16)(H,17,18,19). The summed E-state index contributed by atoms with van der Waals surface area (Å²) in [6.45, 7) is 0. The van der Waals surface area contributed by atoms with Crippen molar-refractivity contribution in [2.75, 3.05) is 20.0 Å². The van der Waals surface area contributed by atoms with Crippen LogP contribution in [0.5, 0.6) is 11.5 Å². The predicted octanol–water partition coefficient (Wildman–Crippen LogP) is 2.12. The zero-order chi connectivity index (χ0) is 15.5. The maximum absolute atomic E-state index is 5.63. The van der Waals surface area contributed by atoms with Gasteiger partial charge in [-0.3, -0.25) is 5.10 Å². The molecule has 22 heavy (non-hydrogen) atoms. The van der Waals surface area contributed by atoms with Gasteiger partial charge < -0.3 is 15.2 Å². The number of methoxy groups -OCH3 is 2. The van der Waals surface area contributed by atoms with Crippen molar-refractivity contribution in [1.29, 1.82) is 0 Å². The lowest BCUT2D eigenvalue weighted by molar-refractivity contribution is 0.397. The van der Waals surface area contributed by atoms with Crippen LogP contribution >= 0.6 is 11.3 Å². The van der Waals surface area contributed by atoms with E-state index in [-0.39, 0.29) is 0 Å². The summed E-state index contributed by atoms with van der Waals surface area (Å²) in [4.78, 5) is 8.71. The molecule has 8 heteroatoms. The highest BCUT2D eigenvalue weighted by Crippen LogP contribution is 2.36. The number of hydrogen-bond donors (Lipinski definition) is 2. The molecular formula is C14H15N5O2S. The predicted molar refractivity (Wildman–Crippen MR) is 84.3 cm³/mol. The van der Waals surface area contributed by atoms with Gasteiger partial charge in [0.2, 0.25) is 0 Å². The normalized spacial score (nSPS) is 10.6. The van der Waals surface area contributed by atoms with Gasteiger partial charge in [-0.15, -0.1) is 11.3 Å². The molecule has 3 N–H and O–H groups in total. The van der Waals surface area contributed by atoms with Crippen LogP contribution in [-0.2, 0) is 6.42 Å². The second-order valence-electron chi connectivity index (χ2n) is 4.50. The van der Waals surface area contributed by atoms with Crippen LogP contribution in [0.2, 0.25) is 0 Å². The third-order valence-electron chi connectivity index (χ3n) is 3.10. The van der Waals surface area contributed by atoms with Crippen LogP contribution in [0.15, 0.2) is 23.6 Å². The third kappa shape index (κ3) is 2.73. The van der Waals surface area contributed by atoms with Crippen molar-refractivity contribution < 1.29 is 9.47 Å². The van der Waals surface area contributed by atoms with E-state index in [0.29, 0.717) is 40.3 Å². The Kier molecular flexibility index (Phi) is 3.92. The Morgan fingerprint density at radius 2 is 1.91 bits per heavy atom. The number of thiazole rings is 1. The molecule has 3 rings (SSSR count). The quantitative estimate of drug-likeness (QED) is 0.748. The lowest BCUT2D eigenvalue weighted by Gasteiger charge is -2.09. The number of hydrogen-bond acceptors (Lipinski definition) is 7. The number of benzene rings is 1. The first kappa shape index (κ1) is 14.3. The number of nitrogens with zero attached hydrogens (tertiary/aromatic N) is 3. The molecule has 0 saturated heterocycles. The first-order valence-electron chi connectivity index (χ1n) is 6.53. The number of rotatable bonds is 5. The second-order valence-corrected chi connectivity index (χ2v) is 5.39. The van der Waals surface area contributed by atoms with Crippen LogP contribution in [0.3, 0.4) is 0 Å². The minimum absolute atomic E-state index is 0.521. The monoisotopic (exact) mass is 317 g/mol. The van der Waals surface area contributed by atoms with Crippen LogP contribution in [0.1, 0.15) is 11.5 Å². The molecule has 0 amide bonds. The van der Waals surface area contributed by atoms with Crippen molar-refractivity contribution in [2.24, 2.45) is 0 Å². The van der Waals surface area contributed by atoms with Gasteiger partial charge in [0.15, 0.2) is 11.0 Å². The molecule has 0 bridgehead atoms. The highest BCUT2D eigenvalue weighted by molar-refractivity contribution is 7.13. The molecule has 0 atom stereocenters. The molecule has 3 aromatic rings. The van der Waals surface area contributed by atoms with Crippen LogP contribution in [0.25, 0.3) is 11.4 Å². The summed E-state index contributed by atoms with van der Waals surface area (Å²) in [5.41, 5.74) is 7.21. The molecule has 114 valence electrons. The highest BCUT2D eigenvalue weighted by atomic mass is 32.1. The molecule has 1 aromatic carbocycles. The van der Waals surface area contributed by atoms with Crippen molar-refractivity contribution >= 4 is 16.5 Å². The molecule has 0 aliphatic rings. The van der Waals surface area contributed by atoms with Crippen LogP contribution < -0.4 is 15.2 Å². The van der Waals surface area contributed by atoms with Gasteiger partial charge in [-0.2, -0.15) is 5.10 Å². The van der Waals surface area contributed by atoms with E-state index in [2.05, 4.69) is 20.2 Å². The summed E-state index contributed by atoms with van der Waals surface area (Å²) in [5, 5.41) is 9.62. The van der Waals surface area contributed by atoms with Gasteiger partial charge in [-0.25, -0.2) is 9.97 Å². The average molecular weight is 317 g/mol. The van der Waals surface area contributed by atoms with E-state index in [1.807, 2.05) is 23.6 Å². The van der Waals surface area contributed by atoms with Gasteiger partial charge in [0.1, 0.15) is 22.9 Å². The van der Waals surface area contributed by atoms with Crippen molar-refractivity contribution in [1.82, 2.24) is 20.2 Å². The highest BCUT2D eigenvalue weighted by Gasteiger charge is 2.17. The first-order chi connectivity index (χ1) is 10.7. The van der Waals surface area contributed by atoms with Gasteiger partial charge in [0.25, 0.3) is 0 Å². The lowest BCUT2D eigenvalue weighted by atomic mass is 10.1. The number of nitrogens with one attached hydrogen (secondary N) is 1. The van der Waals surface area contributed by atoms with Gasteiger partial charge in [0.05, 0.1) is 26.3 Å². The number of nitrogen functional groups attached to an aromatic ring is 1. The molecule has 0 radical (unpaired) electrons. The molecular weight excluding hydrogens is 302 g/mol. The number of nitrogens with two attached hydrogens (primary N) is 1. The van der Waals surface area contributed by atoms with E-state index in [1.54, 1.807) is 14.2 Å². The van der Waals surface area contributed by atoms with Gasteiger partial charge in [-0.05, 0) is 12.1 Å². The van der Waals surface area contributed by atoms with E-state index < -0.39 is 0 Å². The van der Waals surface area contributed by atoms with E-state index >= 15 is 0 Å². The van der Waals surface area contributed by atoms with Crippen LogP contribution in [0, 0.1) is 0 Å². The lowest BCUT2D eigenvalue weighted by Crippen LogP contribution is -1.95. The minimum Gasteiger partial charge on any atom is -0.496 e. The van der Waals surface area contributed by atoms with Crippen molar-refractivity contribution in [3.63, 3.8) is 0 Å². The Morgan fingerprint density at radius 1 is 1.18 bits per heavy atom. The maximum Gasteiger partial charge on any atom is 0.188 e. The Morgan fingerprint density at radius 3 is 2.50 bits per heavy atom. The number of ether oxygens (including phenoxy) is 2. The Hall–Kier alpha value is -2.61. The van der Waals surface area contributed by atoms with Crippen LogP contribution in [0.4, 0.5) is 5.13 Å². The minimum atomic E-state index is 0.521. The van der Waals surface area contributed by atoms with Crippen molar-refractivity contribution in [3.8, 4) is 22.9 Å². The molecule has 0 aliphatic heterocycles. The summed E-state index contributed by atoms with van der Waals surface area (Å²) in [6.07, 6.45) is 0.540. The molecule has 2 heterocycles. The fourth-order valence-electron chi connectivity index (χ4n) is 2.13. The summed E-state index contributed by atoms with van der Waals surface area (Å²) in [5.74, 6) is 2.53. The Labute approximate surface area is 131 Å². The second kappa shape index (κ2) is 6.02. The third-order valence-corrected chi connectivity index (χ3v) is 3.82. The molecule has 2 aromatic heterocycles. The van der Waals surface area contributed by atoms with E-state index in [1.165, 1.54) is 11.3 Å². The summed E-state index contributed by atoms with van der Waals surface area (Å²) >= 11 is 1.40. The smallest absolute Gasteiger partial charge is 0.188 e. The van der Waals surface area contributed by atoms with E-state index in [0.717, 1.165) is 5.69 Å². The zero-order valence-corrected chi connectivity index (χ0v) is 13.0. The fourth-order valence-corrected chi connectivity index (χ4v) is 2.70. The molecule has 7 nitrogen and oxygen atoms in total. The number of aromatic amines is 1. The van der Waals surface area contributed by atoms with Crippen molar-refractivity contribution in [3.05, 3.63) is 35.1 Å².